The van der Waals surface area contributed by atoms with Crippen molar-refractivity contribution < 1.29 is 17.7 Å². The Morgan fingerprint density at radius 3 is 1.15 bits per heavy atom. The number of benzene rings is 9. The fourth-order valence-corrected chi connectivity index (χ4v) is 12.7. The van der Waals surface area contributed by atoms with Gasteiger partial charge in [0, 0.05) is 55.2 Å². The number of para-hydroxylation sites is 2. The third-order valence-corrected chi connectivity index (χ3v) is 17.1. The van der Waals surface area contributed by atoms with Crippen LogP contribution in [0.5, 0.6) is 0 Å². The molecule has 81 heavy (non-hydrogen) atoms. The lowest BCUT2D eigenvalue weighted by Gasteiger charge is -2.42. The van der Waals surface area contributed by atoms with Gasteiger partial charge in [0.1, 0.15) is 33.7 Å². The summed E-state index contributed by atoms with van der Waals surface area (Å²) in [5, 5.41) is 4.22. The molecule has 0 radical (unpaired) electrons. The quantitative estimate of drug-likeness (QED) is 0.155. The Balaban J connectivity index is 1.11. The Morgan fingerprint density at radius 1 is 0.321 bits per heavy atom. The van der Waals surface area contributed by atoms with Crippen LogP contribution in [-0.2, 0) is 16.2 Å². The van der Waals surface area contributed by atoms with Crippen LogP contribution in [-0.4, -0.2) is 6.71 Å². The van der Waals surface area contributed by atoms with E-state index in [2.05, 4.69) is 242 Å². The summed E-state index contributed by atoms with van der Waals surface area (Å²) in [5.74, 6) is 0. The Kier molecular flexibility index (Phi) is 10.7. The molecule has 0 spiro atoms. The molecule has 9 aromatic carbocycles. The zero-order chi connectivity index (χ0) is 55.3. The highest BCUT2D eigenvalue weighted by molar-refractivity contribution is 6.99. The maximum Gasteiger partial charge on any atom is 0.342 e. The third kappa shape index (κ3) is 7.69. The van der Waals surface area contributed by atoms with E-state index in [0.717, 1.165) is 139 Å². The molecule has 6 nitrogen and oxygen atoms in total. The van der Waals surface area contributed by atoms with Gasteiger partial charge < -0.3 is 27.5 Å². The second-order valence-corrected chi connectivity index (χ2v) is 25.3. The van der Waals surface area contributed by atoms with E-state index in [0.29, 0.717) is 0 Å². The van der Waals surface area contributed by atoms with E-state index in [1.807, 2.05) is 36.8 Å². The van der Waals surface area contributed by atoms with Crippen molar-refractivity contribution in [1.82, 2.24) is 0 Å². The van der Waals surface area contributed by atoms with Gasteiger partial charge >= 0.3 is 6.71 Å². The Morgan fingerprint density at radius 2 is 0.728 bits per heavy atom. The summed E-state index contributed by atoms with van der Waals surface area (Å²) in [7, 11) is 0. The molecule has 7 heteroatoms. The molecule has 394 valence electrons. The van der Waals surface area contributed by atoms with Gasteiger partial charge in [-0.3, -0.25) is 0 Å². The second-order valence-electron chi connectivity index (χ2n) is 25.3. The maximum atomic E-state index is 7.59. The SMILES string of the molecule is CC(C)(C)c1cc2c3c(c1)N(c1cc(-c4coc5ccccc45)ccc1-c1ccccc1)c1c(oc4ccc(C(C)(C)C)cc14)B3c1oc3ccc(C(C)(C)C)cc3c1N2c1cc(-c2coc3ccccc23)ccc1-c1ccccc1. The fraction of sp³-hybridized carbons (Fsp3) is 0.162. The molecule has 0 saturated heterocycles. The molecule has 6 heterocycles. The van der Waals surface area contributed by atoms with Crippen LogP contribution in [0.3, 0.4) is 0 Å². The topological polar surface area (TPSA) is 59.0 Å². The van der Waals surface area contributed by atoms with Crippen molar-refractivity contribution in [2.45, 2.75) is 78.6 Å². The van der Waals surface area contributed by atoms with Crippen LogP contribution in [0.25, 0.3) is 88.4 Å². The van der Waals surface area contributed by atoms with Gasteiger partial charge in [-0.25, -0.2) is 0 Å². The van der Waals surface area contributed by atoms with Crippen molar-refractivity contribution in [3.05, 3.63) is 223 Å². The van der Waals surface area contributed by atoms with Gasteiger partial charge in [0.25, 0.3) is 0 Å². The predicted octanol–water partition coefficient (Wildman–Crippen LogP) is 19.3. The molecule has 0 N–H and O–H groups in total. The summed E-state index contributed by atoms with van der Waals surface area (Å²) in [6.07, 6.45) is 3.82. The van der Waals surface area contributed by atoms with Gasteiger partial charge in [-0.1, -0.05) is 196 Å². The summed E-state index contributed by atoms with van der Waals surface area (Å²) in [5.41, 5.74) is 23.9. The van der Waals surface area contributed by atoms with Gasteiger partial charge in [0.2, 0.25) is 0 Å². The summed E-state index contributed by atoms with van der Waals surface area (Å²) in [6.45, 7) is 20.3. The highest BCUT2D eigenvalue weighted by Gasteiger charge is 2.51. The molecule has 2 aliphatic rings. The monoisotopic (exact) mass is 1050 g/mol. The average molecular weight is 1050 g/mol. The first kappa shape index (κ1) is 48.9. The third-order valence-electron chi connectivity index (χ3n) is 17.1. The highest BCUT2D eigenvalue weighted by atomic mass is 16.4. The van der Waals surface area contributed by atoms with Crippen LogP contribution in [0.4, 0.5) is 34.1 Å². The van der Waals surface area contributed by atoms with Crippen LogP contribution >= 0.6 is 0 Å². The Labute approximate surface area is 473 Å². The smallest absolute Gasteiger partial charge is 0.342 e. The van der Waals surface area contributed by atoms with E-state index in [1.54, 1.807) is 0 Å². The van der Waals surface area contributed by atoms with E-state index in [4.69, 9.17) is 17.7 Å². The lowest BCUT2D eigenvalue weighted by Crippen LogP contribution is -2.60. The molecular formula is C74H61BN2O4. The molecule has 15 rings (SSSR count). The number of hydrogen-bond donors (Lipinski definition) is 0. The minimum absolute atomic E-state index is 0.143. The van der Waals surface area contributed by atoms with Gasteiger partial charge in [-0.05, 0) is 121 Å². The highest BCUT2D eigenvalue weighted by Crippen LogP contribution is 2.54. The van der Waals surface area contributed by atoms with E-state index >= 15 is 0 Å². The van der Waals surface area contributed by atoms with Crippen molar-refractivity contribution in [2.75, 3.05) is 9.80 Å². The first-order chi connectivity index (χ1) is 39.1. The number of nitrogens with zero attached hydrogens (tertiary/aromatic N) is 2. The molecular weight excluding hydrogens is 992 g/mol. The van der Waals surface area contributed by atoms with Crippen molar-refractivity contribution in [2.24, 2.45) is 0 Å². The number of hydrogen-bond acceptors (Lipinski definition) is 6. The second kappa shape index (κ2) is 17.7. The average Bonchev–Trinajstić information content (AvgIpc) is 4.45. The summed E-state index contributed by atoms with van der Waals surface area (Å²) >= 11 is 0. The van der Waals surface area contributed by atoms with Crippen molar-refractivity contribution in [3.8, 4) is 44.5 Å². The molecule has 0 aliphatic carbocycles. The minimum atomic E-state index is -0.445. The lowest BCUT2D eigenvalue weighted by atomic mass is 9.37. The van der Waals surface area contributed by atoms with Crippen molar-refractivity contribution >= 4 is 101 Å². The fourth-order valence-electron chi connectivity index (χ4n) is 12.7. The Bertz CT molecular complexity index is 4380. The number of rotatable bonds is 6. The zero-order valence-corrected chi connectivity index (χ0v) is 47.2. The molecule has 0 fully saturated rings. The van der Waals surface area contributed by atoms with E-state index in [-0.39, 0.29) is 16.2 Å². The van der Waals surface area contributed by atoms with Crippen LogP contribution in [0.1, 0.15) is 79.0 Å². The standard InChI is InChI=1S/C74H61BN2O4/c1-72(2,3)48-30-34-65-55(38-48)68-70(80-65)75-67-61(76(68)59-36-46(28-32-51(59)44-20-12-10-13-21-44)57-42-78-63-26-18-16-24-53(57)63)40-50(74(7,8)9)41-62(67)77(69-56-39-49(73(4,5)6)31-35-66(56)81-71(69)75)60-37-47(29-33-52(60)45-22-14-11-15-23-45)58-43-79-64-27-19-17-25-54(58)64/h10-43H,1-9H3. The number of fused-ring (bicyclic) bond motifs is 10. The normalized spacial score (nSPS) is 13.4. The number of furan rings is 4. The van der Waals surface area contributed by atoms with E-state index in [9.17, 15) is 0 Å². The van der Waals surface area contributed by atoms with Crippen LogP contribution < -0.4 is 26.6 Å². The molecule has 0 unspecified atom stereocenters. The van der Waals surface area contributed by atoms with Gasteiger partial charge in [0.15, 0.2) is 0 Å². The largest absolute Gasteiger partial charge is 0.468 e. The Hall–Kier alpha value is -9.20. The van der Waals surface area contributed by atoms with Crippen LogP contribution in [0.15, 0.2) is 224 Å². The van der Waals surface area contributed by atoms with Crippen LogP contribution in [0, 0.1) is 0 Å². The molecule has 0 bridgehead atoms. The summed E-state index contributed by atoms with van der Waals surface area (Å²) in [4.78, 5) is 5.09. The molecule has 2 aliphatic heterocycles. The molecule has 4 aromatic heterocycles. The molecule has 0 saturated carbocycles. The van der Waals surface area contributed by atoms with Gasteiger partial charge in [-0.2, -0.15) is 0 Å². The van der Waals surface area contributed by atoms with E-state index < -0.39 is 6.71 Å². The molecule has 13 aromatic rings. The zero-order valence-electron chi connectivity index (χ0n) is 47.2. The first-order valence-corrected chi connectivity index (χ1v) is 28.3. The van der Waals surface area contributed by atoms with Crippen molar-refractivity contribution in [1.29, 1.82) is 0 Å². The van der Waals surface area contributed by atoms with Gasteiger partial charge in [-0.15, -0.1) is 0 Å². The summed E-state index contributed by atoms with van der Waals surface area (Å²) < 4.78 is 27.8. The maximum absolute atomic E-state index is 7.59. The predicted molar refractivity (Wildman–Crippen MR) is 337 cm³/mol. The first-order valence-electron chi connectivity index (χ1n) is 28.3. The minimum Gasteiger partial charge on any atom is -0.468 e. The molecule has 0 amide bonds. The lowest BCUT2D eigenvalue weighted by molar-refractivity contribution is 0.590. The number of anilines is 6. The van der Waals surface area contributed by atoms with Gasteiger partial charge in [0.05, 0.1) is 35.3 Å². The summed E-state index contributed by atoms with van der Waals surface area (Å²) in [6, 6.07) is 70.6. The molecule has 0 atom stereocenters. The van der Waals surface area contributed by atoms with Crippen LogP contribution in [0.2, 0.25) is 0 Å². The van der Waals surface area contributed by atoms with Crippen molar-refractivity contribution in [3.63, 3.8) is 0 Å². The van der Waals surface area contributed by atoms with E-state index in [1.165, 1.54) is 16.7 Å².